The van der Waals surface area contributed by atoms with Crippen LogP contribution in [0.15, 0.2) is 35.4 Å². The van der Waals surface area contributed by atoms with Crippen molar-refractivity contribution in [3.63, 3.8) is 0 Å². The third-order valence-corrected chi connectivity index (χ3v) is 4.34. The largest absolute Gasteiger partial charge is 0.467 e. The summed E-state index contributed by atoms with van der Waals surface area (Å²) in [4.78, 5) is 26.5. The zero-order chi connectivity index (χ0) is 19.4. The Morgan fingerprint density at radius 3 is 2.63 bits per heavy atom. The molecule has 2 aliphatic rings. The van der Waals surface area contributed by atoms with Crippen LogP contribution in [0.4, 0.5) is 0 Å². The standard InChI is InChI=1S/C17H19N3O7/c1-9(21)25-14-12(19-20-18)13-11(26-15(14)16(22)23-2)8-24-17(27-13)10-6-4-3-5-7-10/h3-7,11-15,17H,8H2,1-2H3/t11-,12+,13+,14-,15-,17?/m1/s1. The number of methoxy groups -OCH3 is 1. The molecule has 1 aromatic rings. The minimum Gasteiger partial charge on any atom is -0.467 e. The van der Waals surface area contributed by atoms with E-state index >= 15 is 0 Å². The fraction of sp³-hybridized carbons (Fsp3) is 0.529. The summed E-state index contributed by atoms with van der Waals surface area (Å²) in [6.45, 7) is 1.28. The number of hydrogen-bond donors (Lipinski definition) is 0. The van der Waals surface area contributed by atoms with Crippen molar-refractivity contribution in [3.05, 3.63) is 46.3 Å². The van der Waals surface area contributed by atoms with E-state index in [1.54, 1.807) is 0 Å². The number of ether oxygens (including phenoxy) is 5. The molecule has 1 aromatic carbocycles. The minimum absolute atomic E-state index is 0.0992. The van der Waals surface area contributed by atoms with E-state index in [4.69, 9.17) is 29.2 Å². The third-order valence-electron chi connectivity index (χ3n) is 4.34. The number of fused-ring (bicyclic) bond motifs is 1. The SMILES string of the molecule is COC(=O)[C@@H]1O[C@@H]2COC(c3ccccc3)O[C@@H]2[C@H](N=[N+]=[N-])[C@H]1OC(C)=O. The number of benzene rings is 1. The van der Waals surface area contributed by atoms with Gasteiger partial charge in [-0.05, 0) is 5.53 Å². The molecule has 27 heavy (non-hydrogen) atoms. The fourth-order valence-electron chi connectivity index (χ4n) is 3.20. The maximum Gasteiger partial charge on any atom is 0.338 e. The predicted octanol–water partition coefficient (Wildman–Crippen LogP) is 1.65. The number of carbonyl (C=O) groups excluding carboxylic acids is 2. The summed E-state index contributed by atoms with van der Waals surface area (Å²) in [6, 6.07) is 8.21. The van der Waals surface area contributed by atoms with Crippen LogP contribution >= 0.6 is 0 Å². The Morgan fingerprint density at radius 1 is 1.26 bits per heavy atom. The molecule has 144 valence electrons. The van der Waals surface area contributed by atoms with Crippen molar-refractivity contribution in [1.82, 2.24) is 0 Å². The van der Waals surface area contributed by atoms with Crippen molar-refractivity contribution in [3.8, 4) is 0 Å². The van der Waals surface area contributed by atoms with Crippen molar-refractivity contribution < 1.29 is 33.3 Å². The molecule has 0 aromatic heterocycles. The van der Waals surface area contributed by atoms with Gasteiger partial charge in [0.25, 0.3) is 0 Å². The fourth-order valence-corrected chi connectivity index (χ4v) is 3.20. The molecule has 3 rings (SSSR count). The number of nitrogens with zero attached hydrogens (tertiary/aromatic N) is 3. The maximum atomic E-state index is 12.1. The van der Waals surface area contributed by atoms with Gasteiger partial charge in [0.1, 0.15) is 24.4 Å². The van der Waals surface area contributed by atoms with Gasteiger partial charge in [0.2, 0.25) is 0 Å². The van der Waals surface area contributed by atoms with Gasteiger partial charge in [-0.25, -0.2) is 4.79 Å². The highest BCUT2D eigenvalue weighted by Gasteiger charge is 2.53. The molecule has 0 N–H and O–H groups in total. The average molecular weight is 377 g/mol. The van der Waals surface area contributed by atoms with Gasteiger partial charge in [-0.1, -0.05) is 35.4 Å². The van der Waals surface area contributed by atoms with Crippen molar-refractivity contribution in [2.24, 2.45) is 5.11 Å². The summed E-state index contributed by atoms with van der Waals surface area (Å²) in [5.74, 6) is -1.40. The quantitative estimate of drug-likeness (QED) is 0.337. The number of hydrogen-bond acceptors (Lipinski definition) is 8. The first-order valence-corrected chi connectivity index (χ1v) is 8.32. The van der Waals surface area contributed by atoms with Crippen molar-refractivity contribution >= 4 is 11.9 Å². The van der Waals surface area contributed by atoms with Crippen LogP contribution in [0.3, 0.4) is 0 Å². The van der Waals surface area contributed by atoms with E-state index in [1.165, 1.54) is 14.0 Å². The van der Waals surface area contributed by atoms with Gasteiger partial charge in [0.05, 0.1) is 13.7 Å². The second-order valence-corrected chi connectivity index (χ2v) is 6.06. The molecule has 0 amide bonds. The van der Waals surface area contributed by atoms with Crippen molar-refractivity contribution in [2.75, 3.05) is 13.7 Å². The summed E-state index contributed by atoms with van der Waals surface area (Å²) >= 11 is 0. The van der Waals surface area contributed by atoms with Gasteiger partial charge in [-0.3, -0.25) is 4.79 Å². The van der Waals surface area contributed by atoms with Crippen molar-refractivity contribution in [2.45, 2.75) is 43.7 Å². The van der Waals surface area contributed by atoms with Crippen LogP contribution in [0.25, 0.3) is 10.4 Å². The number of azide groups is 1. The van der Waals surface area contributed by atoms with E-state index in [9.17, 15) is 9.59 Å². The second-order valence-electron chi connectivity index (χ2n) is 6.06. The van der Waals surface area contributed by atoms with Gasteiger partial charge in [-0.2, -0.15) is 0 Å². The van der Waals surface area contributed by atoms with Crippen LogP contribution in [0, 0.1) is 0 Å². The molecule has 2 heterocycles. The Bertz CT molecular complexity index is 737. The van der Waals surface area contributed by atoms with E-state index in [0.29, 0.717) is 0 Å². The van der Waals surface area contributed by atoms with Crippen LogP contribution < -0.4 is 0 Å². The van der Waals surface area contributed by atoms with E-state index in [1.807, 2.05) is 30.3 Å². The third kappa shape index (κ3) is 4.04. The summed E-state index contributed by atoms with van der Waals surface area (Å²) in [6.07, 6.45) is -4.61. The lowest BCUT2D eigenvalue weighted by molar-refractivity contribution is -0.306. The number of rotatable bonds is 4. The summed E-state index contributed by atoms with van der Waals surface area (Å²) in [5.41, 5.74) is 9.77. The summed E-state index contributed by atoms with van der Waals surface area (Å²) in [5, 5.41) is 3.73. The molecular weight excluding hydrogens is 358 g/mol. The molecule has 10 nitrogen and oxygen atoms in total. The Hall–Kier alpha value is -2.65. The topological polar surface area (TPSA) is 129 Å². The molecule has 2 saturated heterocycles. The summed E-state index contributed by atoms with van der Waals surface area (Å²) < 4.78 is 27.3. The summed E-state index contributed by atoms with van der Waals surface area (Å²) in [7, 11) is 1.19. The highest BCUT2D eigenvalue weighted by Crippen LogP contribution is 2.36. The molecule has 1 unspecified atom stereocenters. The first kappa shape index (κ1) is 19.1. The Kier molecular flexibility index (Phi) is 5.92. The van der Waals surface area contributed by atoms with Crippen molar-refractivity contribution in [1.29, 1.82) is 0 Å². The zero-order valence-electron chi connectivity index (χ0n) is 14.8. The van der Waals surface area contributed by atoms with E-state index in [-0.39, 0.29) is 6.61 Å². The molecule has 0 bridgehead atoms. The normalized spacial score (nSPS) is 32.5. The van der Waals surface area contributed by atoms with Crippen LogP contribution in [-0.4, -0.2) is 56.1 Å². The first-order valence-electron chi connectivity index (χ1n) is 8.32. The Balaban J connectivity index is 1.90. The Morgan fingerprint density at radius 2 is 2.00 bits per heavy atom. The highest BCUT2D eigenvalue weighted by atomic mass is 16.7. The number of esters is 2. The van der Waals surface area contributed by atoms with Gasteiger partial charge in [0, 0.05) is 17.4 Å². The van der Waals surface area contributed by atoms with Gasteiger partial charge in [0.15, 0.2) is 12.4 Å². The van der Waals surface area contributed by atoms with Gasteiger partial charge >= 0.3 is 11.9 Å². The highest BCUT2D eigenvalue weighted by molar-refractivity contribution is 5.76. The lowest BCUT2D eigenvalue weighted by Gasteiger charge is -2.46. The lowest BCUT2D eigenvalue weighted by Crippen LogP contribution is -2.63. The van der Waals surface area contributed by atoms with Gasteiger partial charge in [-0.15, -0.1) is 0 Å². The molecule has 10 heteroatoms. The van der Waals surface area contributed by atoms with Gasteiger partial charge < -0.3 is 23.7 Å². The smallest absolute Gasteiger partial charge is 0.338 e. The molecule has 0 aliphatic carbocycles. The maximum absolute atomic E-state index is 12.1. The van der Waals surface area contributed by atoms with Crippen LogP contribution in [0.2, 0.25) is 0 Å². The second kappa shape index (κ2) is 8.36. The van der Waals surface area contributed by atoms with Crippen LogP contribution in [-0.2, 0) is 33.3 Å². The van der Waals surface area contributed by atoms with E-state index in [2.05, 4.69) is 10.0 Å². The minimum atomic E-state index is -1.25. The molecule has 0 radical (unpaired) electrons. The lowest BCUT2D eigenvalue weighted by atomic mass is 9.92. The monoisotopic (exact) mass is 377 g/mol. The van der Waals surface area contributed by atoms with Crippen LogP contribution in [0.5, 0.6) is 0 Å². The molecule has 0 spiro atoms. The van der Waals surface area contributed by atoms with Crippen LogP contribution in [0.1, 0.15) is 18.8 Å². The predicted molar refractivity (Wildman–Crippen MR) is 89.2 cm³/mol. The first-order chi connectivity index (χ1) is 13.0. The Labute approximate surface area is 154 Å². The number of carbonyl (C=O) groups is 2. The molecule has 0 saturated carbocycles. The molecule has 6 atom stereocenters. The average Bonchev–Trinajstić information content (AvgIpc) is 2.69. The van der Waals surface area contributed by atoms with E-state index < -0.39 is 48.7 Å². The molecular formula is C17H19N3O7. The molecule has 2 fully saturated rings. The van der Waals surface area contributed by atoms with E-state index in [0.717, 1.165) is 5.56 Å². The zero-order valence-corrected chi connectivity index (χ0v) is 14.8. The molecule has 2 aliphatic heterocycles.